The molecule has 0 spiro atoms. The molecule has 0 amide bonds. The van der Waals surface area contributed by atoms with E-state index in [1.165, 1.54) is 12.1 Å². The van der Waals surface area contributed by atoms with Crippen LogP contribution in [0.1, 0.15) is 31.0 Å². The van der Waals surface area contributed by atoms with Crippen LogP contribution < -0.4 is 10.6 Å². The molecule has 0 saturated heterocycles. The zero-order chi connectivity index (χ0) is 15.1. The van der Waals surface area contributed by atoms with Gasteiger partial charge in [0.15, 0.2) is 0 Å². The number of nitrogens with zero attached hydrogens (tertiary/aromatic N) is 2. The topological polar surface area (TPSA) is 49.8 Å². The smallest absolute Gasteiger partial charge is 0.224 e. The van der Waals surface area contributed by atoms with Crippen LogP contribution in [0.15, 0.2) is 30.3 Å². The Bertz CT molecular complexity index is 569. The molecule has 21 heavy (non-hydrogen) atoms. The first kappa shape index (κ1) is 15.2. The lowest BCUT2D eigenvalue weighted by Gasteiger charge is -2.10. The van der Waals surface area contributed by atoms with Crippen LogP contribution in [0.5, 0.6) is 0 Å². The number of aryl methyl sites for hydroxylation is 1. The monoisotopic (exact) mass is 288 g/mol. The van der Waals surface area contributed by atoms with Gasteiger partial charge < -0.3 is 10.6 Å². The largest absolute Gasteiger partial charge is 0.366 e. The molecule has 1 aromatic heterocycles. The van der Waals surface area contributed by atoms with E-state index in [0.717, 1.165) is 36.5 Å². The Balaban J connectivity index is 1.97. The molecule has 1 heterocycles. The van der Waals surface area contributed by atoms with Crippen molar-refractivity contribution in [3.8, 4) is 0 Å². The van der Waals surface area contributed by atoms with Gasteiger partial charge in [-0.25, -0.2) is 9.37 Å². The standard InChI is InChI=1S/C16H21FN4/c1-3-4-9-18-16-20-12(2)10-15(21-16)19-11-13-5-7-14(17)8-6-13/h5-8,10H,3-4,9,11H2,1-2H3,(H2,18,19,20,21). The lowest BCUT2D eigenvalue weighted by Crippen LogP contribution is -2.09. The number of hydrogen-bond donors (Lipinski definition) is 2. The molecule has 0 aliphatic carbocycles. The van der Waals surface area contributed by atoms with Crippen molar-refractivity contribution in [2.24, 2.45) is 0 Å². The van der Waals surface area contributed by atoms with Crippen LogP contribution in [0.4, 0.5) is 16.2 Å². The summed E-state index contributed by atoms with van der Waals surface area (Å²) in [5.74, 6) is 1.19. The maximum absolute atomic E-state index is 12.9. The molecule has 0 fully saturated rings. The summed E-state index contributed by atoms with van der Waals surface area (Å²) in [5.41, 5.74) is 1.92. The Morgan fingerprint density at radius 3 is 2.57 bits per heavy atom. The summed E-state index contributed by atoms with van der Waals surface area (Å²) < 4.78 is 12.9. The third-order valence-corrected chi connectivity index (χ3v) is 3.05. The van der Waals surface area contributed by atoms with Crippen molar-refractivity contribution in [1.29, 1.82) is 0 Å². The molecule has 2 aromatic rings. The molecule has 0 unspecified atom stereocenters. The van der Waals surface area contributed by atoms with Gasteiger partial charge in [-0.05, 0) is 31.0 Å². The first-order valence-electron chi connectivity index (χ1n) is 7.25. The molecular formula is C16H21FN4. The van der Waals surface area contributed by atoms with Gasteiger partial charge in [0.05, 0.1) is 0 Å². The summed E-state index contributed by atoms with van der Waals surface area (Å²) >= 11 is 0. The quantitative estimate of drug-likeness (QED) is 0.762. The SMILES string of the molecule is CCCCNc1nc(C)cc(NCc2ccc(F)cc2)n1. The molecule has 0 aliphatic rings. The zero-order valence-electron chi connectivity index (χ0n) is 12.5. The normalized spacial score (nSPS) is 10.4. The molecule has 0 bridgehead atoms. The van der Waals surface area contributed by atoms with Gasteiger partial charge in [0.1, 0.15) is 11.6 Å². The summed E-state index contributed by atoms with van der Waals surface area (Å²) in [6, 6.07) is 8.34. The number of rotatable bonds is 7. The number of nitrogens with one attached hydrogen (secondary N) is 2. The maximum Gasteiger partial charge on any atom is 0.224 e. The van der Waals surface area contributed by atoms with Crippen molar-refractivity contribution in [2.45, 2.75) is 33.2 Å². The van der Waals surface area contributed by atoms with Gasteiger partial charge in [-0.15, -0.1) is 0 Å². The number of halogens is 1. The molecule has 0 aliphatic heterocycles. The second kappa shape index (κ2) is 7.57. The van der Waals surface area contributed by atoms with Crippen molar-refractivity contribution in [1.82, 2.24) is 9.97 Å². The van der Waals surface area contributed by atoms with Gasteiger partial charge >= 0.3 is 0 Å². The van der Waals surface area contributed by atoms with Gasteiger partial charge in [0, 0.05) is 24.8 Å². The van der Waals surface area contributed by atoms with Gasteiger partial charge in [-0.2, -0.15) is 4.98 Å². The molecule has 1 aromatic carbocycles. The van der Waals surface area contributed by atoms with E-state index in [-0.39, 0.29) is 5.82 Å². The molecule has 4 nitrogen and oxygen atoms in total. The van der Waals surface area contributed by atoms with E-state index in [9.17, 15) is 4.39 Å². The van der Waals surface area contributed by atoms with Crippen LogP contribution in [-0.2, 0) is 6.54 Å². The summed E-state index contributed by atoms with van der Waals surface area (Å²) in [6.07, 6.45) is 2.23. The van der Waals surface area contributed by atoms with Gasteiger partial charge in [-0.3, -0.25) is 0 Å². The second-order valence-corrected chi connectivity index (χ2v) is 4.98. The Labute approximate surface area is 124 Å². The van der Waals surface area contributed by atoms with Crippen LogP contribution in [0.2, 0.25) is 0 Å². The van der Waals surface area contributed by atoms with Crippen molar-refractivity contribution in [3.63, 3.8) is 0 Å². The fraction of sp³-hybridized carbons (Fsp3) is 0.375. The minimum absolute atomic E-state index is 0.223. The Morgan fingerprint density at radius 1 is 1.10 bits per heavy atom. The number of hydrogen-bond acceptors (Lipinski definition) is 4. The van der Waals surface area contributed by atoms with E-state index >= 15 is 0 Å². The highest BCUT2D eigenvalue weighted by Gasteiger charge is 2.02. The highest BCUT2D eigenvalue weighted by atomic mass is 19.1. The summed E-state index contributed by atoms with van der Waals surface area (Å²) in [5, 5.41) is 6.46. The molecule has 5 heteroatoms. The summed E-state index contributed by atoms with van der Waals surface area (Å²) in [4.78, 5) is 8.79. The predicted octanol–water partition coefficient (Wildman–Crippen LogP) is 3.75. The Hall–Kier alpha value is -2.17. The Morgan fingerprint density at radius 2 is 1.86 bits per heavy atom. The lowest BCUT2D eigenvalue weighted by molar-refractivity contribution is 0.627. The minimum Gasteiger partial charge on any atom is -0.366 e. The number of unbranched alkanes of at least 4 members (excludes halogenated alkanes) is 1. The average Bonchev–Trinajstić information content (AvgIpc) is 2.46. The van der Waals surface area contributed by atoms with E-state index in [4.69, 9.17) is 0 Å². The molecular weight excluding hydrogens is 267 g/mol. The van der Waals surface area contributed by atoms with E-state index in [1.807, 2.05) is 13.0 Å². The van der Waals surface area contributed by atoms with E-state index in [1.54, 1.807) is 12.1 Å². The highest BCUT2D eigenvalue weighted by Crippen LogP contribution is 2.12. The molecule has 0 atom stereocenters. The first-order chi connectivity index (χ1) is 10.2. The summed E-state index contributed by atoms with van der Waals surface area (Å²) in [6.45, 7) is 5.56. The number of anilines is 2. The second-order valence-electron chi connectivity index (χ2n) is 4.98. The van der Waals surface area contributed by atoms with Gasteiger partial charge in [0.2, 0.25) is 5.95 Å². The fourth-order valence-electron chi connectivity index (χ4n) is 1.91. The Kier molecular flexibility index (Phi) is 5.49. The van der Waals surface area contributed by atoms with Crippen molar-refractivity contribution < 1.29 is 4.39 Å². The van der Waals surface area contributed by atoms with Crippen LogP contribution in [0.3, 0.4) is 0 Å². The maximum atomic E-state index is 12.9. The average molecular weight is 288 g/mol. The van der Waals surface area contributed by atoms with Gasteiger partial charge in [0.25, 0.3) is 0 Å². The van der Waals surface area contributed by atoms with E-state index in [0.29, 0.717) is 12.5 Å². The van der Waals surface area contributed by atoms with Crippen molar-refractivity contribution in [2.75, 3.05) is 17.2 Å². The van der Waals surface area contributed by atoms with Crippen LogP contribution in [0.25, 0.3) is 0 Å². The summed E-state index contributed by atoms with van der Waals surface area (Å²) in [7, 11) is 0. The van der Waals surface area contributed by atoms with Crippen LogP contribution in [-0.4, -0.2) is 16.5 Å². The highest BCUT2D eigenvalue weighted by molar-refractivity contribution is 5.42. The first-order valence-corrected chi connectivity index (χ1v) is 7.25. The molecule has 2 N–H and O–H groups in total. The number of aromatic nitrogens is 2. The van der Waals surface area contributed by atoms with Crippen LogP contribution in [0, 0.1) is 12.7 Å². The fourth-order valence-corrected chi connectivity index (χ4v) is 1.91. The van der Waals surface area contributed by atoms with E-state index < -0.39 is 0 Å². The third kappa shape index (κ3) is 5.02. The van der Waals surface area contributed by atoms with E-state index in [2.05, 4.69) is 27.5 Å². The zero-order valence-corrected chi connectivity index (χ0v) is 12.5. The molecule has 0 radical (unpaired) electrons. The van der Waals surface area contributed by atoms with Crippen molar-refractivity contribution in [3.05, 3.63) is 47.4 Å². The van der Waals surface area contributed by atoms with Crippen molar-refractivity contribution >= 4 is 11.8 Å². The molecule has 0 saturated carbocycles. The molecule has 112 valence electrons. The van der Waals surface area contributed by atoms with Crippen LogP contribution >= 0.6 is 0 Å². The van der Waals surface area contributed by atoms with Gasteiger partial charge in [-0.1, -0.05) is 25.5 Å². The third-order valence-electron chi connectivity index (χ3n) is 3.05. The predicted molar refractivity (Wildman–Crippen MR) is 83.9 cm³/mol. The lowest BCUT2D eigenvalue weighted by atomic mass is 10.2. The number of benzene rings is 1. The molecule has 2 rings (SSSR count). The minimum atomic E-state index is -0.223.